The number of fused-ring (bicyclic) bond motifs is 2. The van der Waals surface area contributed by atoms with E-state index in [0.29, 0.717) is 9.13 Å². The summed E-state index contributed by atoms with van der Waals surface area (Å²) in [6.07, 6.45) is 1.59. The van der Waals surface area contributed by atoms with E-state index in [1.807, 2.05) is 22.6 Å². The van der Waals surface area contributed by atoms with Crippen LogP contribution < -0.4 is 10.9 Å². The molecule has 2 aromatic carbocycles. The lowest BCUT2D eigenvalue weighted by molar-refractivity contribution is 0.466. The topological polar surface area (TPSA) is 105 Å². The summed E-state index contributed by atoms with van der Waals surface area (Å²) in [5.74, 6) is -1.07. The Bertz CT molecular complexity index is 1590. The third kappa shape index (κ3) is 3.37. The van der Waals surface area contributed by atoms with Gasteiger partial charge in [0.15, 0.2) is 11.6 Å². The van der Waals surface area contributed by atoms with E-state index in [9.17, 15) is 22.7 Å². The van der Waals surface area contributed by atoms with Crippen LogP contribution in [-0.2, 0) is 16.6 Å². The lowest BCUT2D eigenvalue weighted by atomic mass is 10.2. The number of benzene rings is 2. The molecule has 1 aliphatic rings. The summed E-state index contributed by atoms with van der Waals surface area (Å²) in [4.78, 5) is 13.4. The SMILES string of the molecule is O=c1c(C2=NS(=O)(=O)c3cc(I)ccc3N2)c(O)c2cccn2n1Cc1ccc(F)cc1. The molecule has 4 aromatic rings. The van der Waals surface area contributed by atoms with E-state index in [1.165, 1.54) is 27.4 Å². The standard InChI is InChI=1S/C21H14FIN4O4S/c22-13-5-3-12(4-6-13)11-27-21(29)18(19(28)16-2-1-9-26(16)27)20-24-15-8-7-14(23)10-17(15)32(30,31)25-20/h1-10,28H,11H2,(H,24,25). The van der Waals surface area contributed by atoms with Crippen LogP contribution in [0.1, 0.15) is 11.1 Å². The average Bonchev–Trinajstić information content (AvgIpc) is 3.23. The summed E-state index contributed by atoms with van der Waals surface area (Å²) in [7, 11) is -4.10. The van der Waals surface area contributed by atoms with Crippen molar-refractivity contribution >= 4 is 49.7 Å². The number of nitrogens with zero attached hydrogens (tertiary/aromatic N) is 3. The molecule has 2 N–H and O–H groups in total. The number of halogens is 2. The van der Waals surface area contributed by atoms with Crippen LogP contribution in [0, 0.1) is 9.39 Å². The number of anilines is 1. The second kappa shape index (κ2) is 7.45. The first-order chi connectivity index (χ1) is 15.2. The molecule has 0 saturated heterocycles. The van der Waals surface area contributed by atoms with E-state index in [0.717, 1.165) is 0 Å². The van der Waals surface area contributed by atoms with E-state index < -0.39 is 27.1 Å². The molecule has 0 saturated carbocycles. The fraction of sp³-hybridized carbons (Fsp3) is 0.0476. The third-order valence-corrected chi connectivity index (χ3v) is 7.07. The highest BCUT2D eigenvalue weighted by molar-refractivity contribution is 14.1. The minimum atomic E-state index is -4.10. The van der Waals surface area contributed by atoms with E-state index in [2.05, 4.69) is 9.71 Å². The smallest absolute Gasteiger partial charge is 0.286 e. The maximum Gasteiger partial charge on any atom is 0.286 e. The van der Waals surface area contributed by atoms with Crippen molar-refractivity contribution in [3.05, 3.63) is 91.7 Å². The molecule has 0 radical (unpaired) electrons. The van der Waals surface area contributed by atoms with Crippen LogP contribution in [-0.4, -0.2) is 28.6 Å². The van der Waals surface area contributed by atoms with Crippen LogP contribution in [0.5, 0.6) is 5.75 Å². The van der Waals surface area contributed by atoms with Crippen molar-refractivity contribution < 1.29 is 17.9 Å². The fourth-order valence-corrected chi connectivity index (χ4v) is 5.44. The third-order valence-electron chi connectivity index (χ3n) is 5.08. The number of hydrogen-bond acceptors (Lipinski definition) is 5. The molecule has 5 rings (SSSR count). The summed E-state index contributed by atoms with van der Waals surface area (Å²) in [6, 6.07) is 13.7. The van der Waals surface area contributed by atoms with E-state index in [1.54, 1.807) is 42.6 Å². The number of amidine groups is 1. The molecule has 0 fully saturated rings. The highest BCUT2D eigenvalue weighted by Crippen LogP contribution is 2.32. The minimum Gasteiger partial charge on any atom is -0.505 e. The van der Waals surface area contributed by atoms with Gasteiger partial charge in [0.1, 0.15) is 21.8 Å². The zero-order chi connectivity index (χ0) is 22.6. The van der Waals surface area contributed by atoms with Gasteiger partial charge in [-0.3, -0.25) is 9.31 Å². The van der Waals surface area contributed by atoms with Crippen LogP contribution in [0.25, 0.3) is 5.52 Å². The maximum atomic E-state index is 13.4. The summed E-state index contributed by atoms with van der Waals surface area (Å²) >= 11 is 2.00. The summed E-state index contributed by atoms with van der Waals surface area (Å²) in [5.41, 5.74) is 0.259. The van der Waals surface area contributed by atoms with Crippen molar-refractivity contribution in [1.82, 2.24) is 9.20 Å². The average molecular weight is 564 g/mol. The van der Waals surface area contributed by atoms with Crippen LogP contribution in [0.15, 0.2) is 74.9 Å². The quantitative estimate of drug-likeness (QED) is 0.372. The van der Waals surface area contributed by atoms with Crippen molar-refractivity contribution in [3.8, 4) is 5.75 Å². The molecule has 0 amide bonds. The van der Waals surface area contributed by atoms with Gasteiger partial charge in [-0.1, -0.05) is 12.1 Å². The van der Waals surface area contributed by atoms with Crippen molar-refractivity contribution in [2.45, 2.75) is 11.4 Å². The van der Waals surface area contributed by atoms with Gasteiger partial charge in [-0.05, 0) is 70.6 Å². The molecular formula is C21H14FIN4O4S. The summed E-state index contributed by atoms with van der Waals surface area (Å²) < 4.78 is 46.1. The lowest BCUT2D eigenvalue weighted by Crippen LogP contribution is -2.35. The van der Waals surface area contributed by atoms with Crippen LogP contribution in [0.4, 0.5) is 10.1 Å². The van der Waals surface area contributed by atoms with E-state index >= 15 is 0 Å². The van der Waals surface area contributed by atoms with Gasteiger partial charge in [0, 0.05) is 9.77 Å². The highest BCUT2D eigenvalue weighted by atomic mass is 127. The second-order valence-corrected chi connectivity index (χ2v) is 9.95. The Hall–Kier alpha value is -3.19. The van der Waals surface area contributed by atoms with Crippen molar-refractivity contribution in [3.63, 3.8) is 0 Å². The molecule has 8 nitrogen and oxygen atoms in total. The fourth-order valence-electron chi connectivity index (χ4n) is 3.59. The van der Waals surface area contributed by atoms with E-state index in [-0.39, 0.29) is 34.0 Å². The first kappa shape index (κ1) is 20.7. The molecule has 0 bridgehead atoms. The first-order valence-corrected chi connectivity index (χ1v) is 11.9. The molecule has 3 heterocycles. The Morgan fingerprint density at radius 1 is 1.12 bits per heavy atom. The zero-order valence-corrected chi connectivity index (χ0v) is 19.1. The van der Waals surface area contributed by atoms with Crippen LogP contribution in [0.3, 0.4) is 0 Å². The van der Waals surface area contributed by atoms with Gasteiger partial charge >= 0.3 is 0 Å². The Morgan fingerprint density at radius 2 is 1.88 bits per heavy atom. The lowest BCUT2D eigenvalue weighted by Gasteiger charge is -2.20. The van der Waals surface area contributed by atoms with E-state index in [4.69, 9.17) is 0 Å². The highest BCUT2D eigenvalue weighted by Gasteiger charge is 2.30. The Morgan fingerprint density at radius 3 is 2.62 bits per heavy atom. The number of aromatic hydroxyl groups is 1. The molecule has 32 heavy (non-hydrogen) atoms. The monoisotopic (exact) mass is 564 g/mol. The number of hydrogen-bond donors (Lipinski definition) is 2. The van der Waals surface area contributed by atoms with Gasteiger partial charge < -0.3 is 10.4 Å². The van der Waals surface area contributed by atoms with Gasteiger partial charge in [0.05, 0.1) is 12.2 Å². The minimum absolute atomic E-state index is 0.0111. The van der Waals surface area contributed by atoms with Gasteiger partial charge in [-0.2, -0.15) is 8.42 Å². The molecule has 2 aromatic heterocycles. The van der Waals surface area contributed by atoms with Crippen LogP contribution in [0.2, 0.25) is 0 Å². The van der Waals surface area contributed by atoms with Crippen molar-refractivity contribution in [1.29, 1.82) is 0 Å². The molecule has 0 atom stereocenters. The Labute approximate surface area is 194 Å². The van der Waals surface area contributed by atoms with Crippen molar-refractivity contribution in [2.24, 2.45) is 4.40 Å². The normalized spacial score (nSPS) is 14.6. The molecular weight excluding hydrogens is 550 g/mol. The van der Waals surface area contributed by atoms with Crippen LogP contribution >= 0.6 is 22.6 Å². The Balaban J connectivity index is 1.72. The number of sulfonamides is 1. The van der Waals surface area contributed by atoms with Gasteiger partial charge in [0.25, 0.3) is 15.6 Å². The molecule has 0 aliphatic carbocycles. The number of aromatic nitrogens is 2. The predicted octanol–water partition coefficient (Wildman–Crippen LogP) is 3.16. The van der Waals surface area contributed by atoms with Gasteiger partial charge in [0.2, 0.25) is 0 Å². The molecule has 0 unspecified atom stereocenters. The molecule has 1 aliphatic heterocycles. The van der Waals surface area contributed by atoms with Gasteiger partial charge in [-0.15, -0.1) is 4.40 Å². The molecule has 0 spiro atoms. The zero-order valence-electron chi connectivity index (χ0n) is 16.2. The maximum absolute atomic E-state index is 13.4. The summed E-state index contributed by atoms with van der Waals surface area (Å²) in [6.45, 7) is 0.0619. The number of rotatable bonds is 3. The number of nitrogens with one attached hydrogen (secondary N) is 1. The molecule has 162 valence electrons. The molecule has 11 heteroatoms. The summed E-state index contributed by atoms with van der Waals surface area (Å²) in [5, 5.41) is 13.7. The second-order valence-electron chi connectivity index (χ2n) is 7.13. The van der Waals surface area contributed by atoms with Crippen molar-refractivity contribution in [2.75, 3.05) is 5.32 Å². The van der Waals surface area contributed by atoms with Gasteiger partial charge in [-0.25, -0.2) is 9.07 Å². The Kier molecular flexibility index (Phi) is 4.82. The predicted molar refractivity (Wildman–Crippen MR) is 125 cm³/mol. The first-order valence-electron chi connectivity index (χ1n) is 9.34. The largest absolute Gasteiger partial charge is 0.505 e.